The highest BCUT2D eigenvalue weighted by Crippen LogP contribution is 2.18. The number of nitrogens with one attached hydrogen (secondary N) is 1. The second kappa shape index (κ2) is 7.99. The van der Waals surface area contributed by atoms with Crippen molar-refractivity contribution in [3.05, 3.63) is 0 Å². The fraction of sp³-hybridized carbons (Fsp3) is 0.938. The van der Waals surface area contributed by atoms with Crippen molar-refractivity contribution < 1.29 is 4.79 Å². The Bertz CT molecular complexity index is 296. The van der Waals surface area contributed by atoms with Gasteiger partial charge in [-0.3, -0.25) is 9.69 Å². The minimum Gasteiger partial charge on any atom is -0.341 e. The Hall–Kier alpha value is -0.610. The maximum absolute atomic E-state index is 12.7. The molecule has 2 heterocycles. The number of hydrogen-bond donors (Lipinski definition) is 1. The van der Waals surface area contributed by atoms with Gasteiger partial charge in [-0.05, 0) is 58.5 Å². The van der Waals surface area contributed by atoms with Gasteiger partial charge in [-0.1, -0.05) is 6.92 Å². The second-order valence-corrected chi connectivity index (χ2v) is 6.30. The van der Waals surface area contributed by atoms with Gasteiger partial charge in [-0.25, -0.2) is 0 Å². The summed E-state index contributed by atoms with van der Waals surface area (Å²) in [6, 6.07) is 0.574. The molecule has 2 rings (SSSR count). The standard InChI is InChI=1S/C16H31N3O/c1-3-10-19(15-8-7-9-17-13-15)14(2)16(20)18-11-5-4-6-12-18/h14-15,17H,3-13H2,1-2H3. The quantitative estimate of drug-likeness (QED) is 0.835. The van der Waals surface area contributed by atoms with Crippen molar-refractivity contribution in [3.8, 4) is 0 Å². The molecule has 0 spiro atoms. The Kier molecular flexibility index (Phi) is 6.30. The van der Waals surface area contributed by atoms with Crippen LogP contribution in [0.5, 0.6) is 0 Å². The Balaban J connectivity index is 1.97. The van der Waals surface area contributed by atoms with Crippen LogP contribution in [-0.4, -0.2) is 60.5 Å². The summed E-state index contributed by atoms with van der Waals surface area (Å²) in [6.45, 7) is 9.45. The average molecular weight is 281 g/mol. The highest BCUT2D eigenvalue weighted by atomic mass is 16.2. The molecule has 2 unspecified atom stereocenters. The van der Waals surface area contributed by atoms with E-state index in [-0.39, 0.29) is 6.04 Å². The third-order valence-corrected chi connectivity index (χ3v) is 4.74. The van der Waals surface area contributed by atoms with E-state index in [2.05, 4.69) is 29.0 Å². The number of hydrogen-bond acceptors (Lipinski definition) is 3. The van der Waals surface area contributed by atoms with Gasteiger partial charge in [-0.2, -0.15) is 0 Å². The van der Waals surface area contributed by atoms with E-state index >= 15 is 0 Å². The lowest BCUT2D eigenvalue weighted by molar-refractivity contribution is -0.138. The lowest BCUT2D eigenvalue weighted by Gasteiger charge is -2.40. The van der Waals surface area contributed by atoms with E-state index in [0.29, 0.717) is 11.9 Å². The molecule has 0 aromatic heterocycles. The SMILES string of the molecule is CCCN(C1CCCNC1)C(C)C(=O)N1CCCCC1. The first-order valence-corrected chi connectivity index (χ1v) is 8.49. The van der Waals surface area contributed by atoms with Crippen molar-refractivity contribution in [2.75, 3.05) is 32.7 Å². The molecule has 20 heavy (non-hydrogen) atoms. The predicted octanol–water partition coefficient (Wildman–Crippen LogP) is 1.85. The maximum Gasteiger partial charge on any atom is 0.239 e. The number of amides is 1. The van der Waals surface area contributed by atoms with E-state index < -0.39 is 0 Å². The molecular weight excluding hydrogens is 250 g/mol. The summed E-state index contributed by atoms with van der Waals surface area (Å²) in [7, 11) is 0. The van der Waals surface area contributed by atoms with E-state index in [9.17, 15) is 4.79 Å². The first-order valence-electron chi connectivity index (χ1n) is 8.49. The van der Waals surface area contributed by atoms with Crippen molar-refractivity contribution in [1.29, 1.82) is 0 Å². The summed E-state index contributed by atoms with van der Waals surface area (Å²) in [4.78, 5) is 17.3. The summed E-state index contributed by atoms with van der Waals surface area (Å²) < 4.78 is 0. The Morgan fingerprint density at radius 2 is 2.05 bits per heavy atom. The highest BCUT2D eigenvalue weighted by molar-refractivity contribution is 5.81. The van der Waals surface area contributed by atoms with Crippen LogP contribution in [-0.2, 0) is 4.79 Å². The van der Waals surface area contributed by atoms with E-state index in [1.54, 1.807) is 0 Å². The highest BCUT2D eigenvalue weighted by Gasteiger charge is 2.31. The zero-order valence-corrected chi connectivity index (χ0v) is 13.2. The van der Waals surface area contributed by atoms with Crippen LogP contribution in [0.4, 0.5) is 0 Å². The van der Waals surface area contributed by atoms with E-state index in [0.717, 1.165) is 39.1 Å². The molecule has 2 aliphatic heterocycles. The van der Waals surface area contributed by atoms with Crippen molar-refractivity contribution in [2.45, 2.75) is 64.5 Å². The second-order valence-electron chi connectivity index (χ2n) is 6.30. The molecule has 4 nitrogen and oxygen atoms in total. The van der Waals surface area contributed by atoms with Gasteiger partial charge in [0.2, 0.25) is 5.91 Å². The van der Waals surface area contributed by atoms with Crippen LogP contribution in [0.15, 0.2) is 0 Å². The van der Waals surface area contributed by atoms with Crippen LogP contribution in [0.2, 0.25) is 0 Å². The van der Waals surface area contributed by atoms with Crippen molar-refractivity contribution in [2.24, 2.45) is 0 Å². The molecule has 0 aliphatic carbocycles. The number of piperidine rings is 2. The molecular formula is C16H31N3O. The molecule has 4 heteroatoms. The summed E-state index contributed by atoms with van der Waals surface area (Å²) >= 11 is 0. The fourth-order valence-corrected chi connectivity index (χ4v) is 3.59. The average Bonchev–Trinajstić information content (AvgIpc) is 2.53. The lowest BCUT2D eigenvalue weighted by Crippen LogP contribution is -2.55. The Morgan fingerprint density at radius 1 is 1.30 bits per heavy atom. The molecule has 116 valence electrons. The van der Waals surface area contributed by atoms with Crippen LogP contribution in [0.1, 0.15) is 52.4 Å². The Morgan fingerprint density at radius 3 is 2.65 bits per heavy atom. The van der Waals surface area contributed by atoms with Gasteiger partial charge in [-0.15, -0.1) is 0 Å². The van der Waals surface area contributed by atoms with Crippen LogP contribution >= 0.6 is 0 Å². The Labute approximate surface area is 123 Å². The zero-order valence-electron chi connectivity index (χ0n) is 13.2. The molecule has 0 radical (unpaired) electrons. The number of carbonyl (C=O) groups excluding carboxylic acids is 1. The number of likely N-dealkylation sites (tertiary alicyclic amines) is 1. The summed E-state index contributed by atoms with van der Waals surface area (Å²) in [5.74, 6) is 0.351. The monoisotopic (exact) mass is 281 g/mol. The smallest absolute Gasteiger partial charge is 0.239 e. The zero-order chi connectivity index (χ0) is 14.4. The molecule has 2 aliphatic rings. The minimum atomic E-state index is 0.0398. The number of nitrogens with zero attached hydrogens (tertiary/aromatic N) is 2. The largest absolute Gasteiger partial charge is 0.341 e. The molecule has 1 N–H and O–H groups in total. The van der Waals surface area contributed by atoms with Gasteiger partial charge in [0.15, 0.2) is 0 Å². The van der Waals surface area contributed by atoms with Crippen molar-refractivity contribution in [1.82, 2.24) is 15.1 Å². The van der Waals surface area contributed by atoms with Gasteiger partial charge in [0, 0.05) is 25.7 Å². The fourth-order valence-electron chi connectivity index (χ4n) is 3.59. The number of carbonyl (C=O) groups is 1. The topological polar surface area (TPSA) is 35.6 Å². The molecule has 2 fully saturated rings. The van der Waals surface area contributed by atoms with Gasteiger partial charge in [0.25, 0.3) is 0 Å². The number of rotatable bonds is 5. The van der Waals surface area contributed by atoms with Crippen molar-refractivity contribution >= 4 is 5.91 Å². The minimum absolute atomic E-state index is 0.0398. The summed E-state index contributed by atoms with van der Waals surface area (Å²) in [5, 5.41) is 3.48. The summed E-state index contributed by atoms with van der Waals surface area (Å²) in [5.41, 5.74) is 0. The van der Waals surface area contributed by atoms with Crippen LogP contribution < -0.4 is 5.32 Å². The van der Waals surface area contributed by atoms with Gasteiger partial charge in [0.1, 0.15) is 0 Å². The van der Waals surface area contributed by atoms with E-state index in [4.69, 9.17) is 0 Å². The molecule has 0 bridgehead atoms. The van der Waals surface area contributed by atoms with Crippen molar-refractivity contribution in [3.63, 3.8) is 0 Å². The molecule has 2 atom stereocenters. The third-order valence-electron chi connectivity index (χ3n) is 4.74. The van der Waals surface area contributed by atoms with E-state index in [1.165, 1.54) is 32.1 Å². The first-order chi connectivity index (χ1) is 9.74. The maximum atomic E-state index is 12.7. The van der Waals surface area contributed by atoms with E-state index in [1.807, 2.05) is 0 Å². The molecule has 0 aromatic rings. The molecule has 0 aromatic carbocycles. The molecule has 1 amide bonds. The van der Waals surface area contributed by atoms with Crippen LogP contribution in [0.3, 0.4) is 0 Å². The normalized spacial score (nSPS) is 25.8. The summed E-state index contributed by atoms with van der Waals surface area (Å²) in [6.07, 6.45) is 7.21. The predicted molar refractivity (Wildman–Crippen MR) is 82.8 cm³/mol. The van der Waals surface area contributed by atoms with Gasteiger partial charge in [0.05, 0.1) is 6.04 Å². The van der Waals surface area contributed by atoms with Gasteiger partial charge >= 0.3 is 0 Å². The molecule has 2 saturated heterocycles. The lowest BCUT2D eigenvalue weighted by atomic mass is 10.0. The third kappa shape index (κ3) is 3.95. The molecule has 0 saturated carbocycles. The van der Waals surface area contributed by atoms with Gasteiger partial charge < -0.3 is 10.2 Å². The first kappa shape index (κ1) is 15.8. The van der Waals surface area contributed by atoms with Crippen LogP contribution in [0, 0.1) is 0 Å². The van der Waals surface area contributed by atoms with Crippen LogP contribution in [0.25, 0.3) is 0 Å².